The Labute approximate surface area is 126 Å². The molecule has 0 aliphatic rings. The lowest BCUT2D eigenvalue weighted by Crippen LogP contribution is -2.31. The van der Waals surface area contributed by atoms with E-state index in [1.54, 1.807) is 24.4 Å². The lowest BCUT2D eigenvalue weighted by Gasteiger charge is -2.13. The van der Waals surface area contributed by atoms with Crippen molar-refractivity contribution in [3.05, 3.63) is 40.3 Å². The molecule has 0 bridgehead atoms. The molecule has 0 aliphatic heterocycles. The van der Waals surface area contributed by atoms with E-state index in [2.05, 4.69) is 15.6 Å². The Kier molecular flexibility index (Phi) is 4.74. The standard InChI is InChI=1S/C14H14N4O2S/c1-9(13-16-5-6-21-13)17-14(19)18-11-3-4-12(20-2)10(7-11)8-15/h3-7,9H,1-2H3,(H2,17,18,19). The maximum absolute atomic E-state index is 11.9. The Bertz CT molecular complexity index is 664. The first kappa shape index (κ1) is 14.8. The molecule has 1 aromatic heterocycles. The Morgan fingerprint density at radius 2 is 2.33 bits per heavy atom. The number of carbonyl (C=O) groups is 1. The van der Waals surface area contributed by atoms with Crippen molar-refractivity contribution in [2.75, 3.05) is 12.4 Å². The summed E-state index contributed by atoms with van der Waals surface area (Å²) < 4.78 is 5.05. The zero-order valence-electron chi connectivity index (χ0n) is 11.6. The molecule has 2 N–H and O–H groups in total. The molecule has 0 saturated carbocycles. The number of ether oxygens (including phenoxy) is 1. The van der Waals surface area contributed by atoms with Crippen LogP contribution in [-0.4, -0.2) is 18.1 Å². The van der Waals surface area contributed by atoms with Gasteiger partial charge in [0.05, 0.1) is 18.7 Å². The molecule has 6 nitrogen and oxygen atoms in total. The highest BCUT2D eigenvalue weighted by atomic mass is 32.1. The molecule has 2 rings (SSSR count). The minimum absolute atomic E-state index is 0.182. The van der Waals surface area contributed by atoms with Crippen molar-refractivity contribution in [2.24, 2.45) is 0 Å². The SMILES string of the molecule is COc1ccc(NC(=O)NC(C)c2nccs2)cc1C#N. The molecule has 21 heavy (non-hydrogen) atoms. The summed E-state index contributed by atoms with van der Waals surface area (Å²) in [4.78, 5) is 16.1. The Morgan fingerprint density at radius 3 is 2.95 bits per heavy atom. The van der Waals surface area contributed by atoms with Crippen LogP contribution < -0.4 is 15.4 Å². The third kappa shape index (κ3) is 3.70. The number of thiazole rings is 1. The molecule has 1 aromatic carbocycles. The molecule has 7 heteroatoms. The van der Waals surface area contributed by atoms with Crippen LogP contribution in [0.15, 0.2) is 29.8 Å². The monoisotopic (exact) mass is 302 g/mol. The molecule has 1 unspecified atom stereocenters. The summed E-state index contributed by atoms with van der Waals surface area (Å²) in [5, 5.41) is 17.2. The minimum atomic E-state index is -0.355. The van der Waals surface area contributed by atoms with Crippen LogP contribution in [0.2, 0.25) is 0 Å². The number of methoxy groups -OCH3 is 1. The van der Waals surface area contributed by atoms with E-state index in [1.165, 1.54) is 18.4 Å². The number of carbonyl (C=O) groups excluding carboxylic acids is 1. The lowest BCUT2D eigenvalue weighted by atomic mass is 10.2. The van der Waals surface area contributed by atoms with Crippen molar-refractivity contribution in [2.45, 2.75) is 13.0 Å². The normalized spacial score (nSPS) is 11.3. The predicted octanol–water partition coefficient (Wildman–Crippen LogP) is 2.91. The van der Waals surface area contributed by atoms with Gasteiger partial charge < -0.3 is 15.4 Å². The maximum atomic E-state index is 11.9. The summed E-state index contributed by atoms with van der Waals surface area (Å²) in [6.45, 7) is 1.85. The largest absolute Gasteiger partial charge is 0.495 e. The Morgan fingerprint density at radius 1 is 1.52 bits per heavy atom. The van der Waals surface area contributed by atoms with E-state index in [4.69, 9.17) is 10.00 Å². The highest BCUT2D eigenvalue weighted by Gasteiger charge is 2.12. The van der Waals surface area contributed by atoms with Crippen LogP contribution in [0.3, 0.4) is 0 Å². The van der Waals surface area contributed by atoms with Gasteiger partial charge in [0.25, 0.3) is 0 Å². The van der Waals surface area contributed by atoms with E-state index >= 15 is 0 Å². The molecule has 0 saturated heterocycles. The average molecular weight is 302 g/mol. The van der Waals surface area contributed by atoms with Gasteiger partial charge in [0.2, 0.25) is 0 Å². The van der Waals surface area contributed by atoms with Gasteiger partial charge >= 0.3 is 6.03 Å². The second-order valence-corrected chi connectivity index (χ2v) is 5.14. The van der Waals surface area contributed by atoms with Gasteiger partial charge in [0.1, 0.15) is 16.8 Å². The molecule has 2 amide bonds. The highest BCUT2D eigenvalue weighted by Crippen LogP contribution is 2.22. The van der Waals surface area contributed by atoms with Crippen molar-refractivity contribution in [1.29, 1.82) is 5.26 Å². The summed E-state index contributed by atoms with van der Waals surface area (Å²) in [5.74, 6) is 0.472. The summed E-state index contributed by atoms with van der Waals surface area (Å²) in [6.07, 6.45) is 1.69. The molecule has 108 valence electrons. The number of hydrogen-bond acceptors (Lipinski definition) is 5. The van der Waals surface area contributed by atoms with E-state index in [-0.39, 0.29) is 12.1 Å². The first-order valence-electron chi connectivity index (χ1n) is 6.19. The summed E-state index contributed by atoms with van der Waals surface area (Å²) in [7, 11) is 1.49. The van der Waals surface area contributed by atoms with Crippen LogP contribution in [0.1, 0.15) is 23.5 Å². The van der Waals surface area contributed by atoms with Crippen LogP contribution in [0.5, 0.6) is 5.75 Å². The van der Waals surface area contributed by atoms with Crippen LogP contribution >= 0.6 is 11.3 Å². The fraction of sp³-hybridized carbons (Fsp3) is 0.214. The highest BCUT2D eigenvalue weighted by molar-refractivity contribution is 7.09. The van der Waals surface area contributed by atoms with Crippen LogP contribution in [0.25, 0.3) is 0 Å². The molecule has 1 heterocycles. The van der Waals surface area contributed by atoms with E-state index < -0.39 is 0 Å². The second kappa shape index (κ2) is 6.72. The molecule has 1 atom stereocenters. The fourth-order valence-electron chi connectivity index (χ4n) is 1.75. The number of anilines is 1. The van der Waals surface area contributed by atoms with E-state index in [9.17, 15) is 4.79 Å². The van der Waals surface area contributed by atoms with Crippen molar-refractivity contribution in [3.63, 3.8) is 0 Å². The van der Waals surface area contributed by atoms with Crippen molar-refractivity contribution in [1.82, 2.24) is 10.3 Å². The van der Waals surface area contributed by atoms with Crippen LogP contribution in [0, 0.1) is 11.3 Å². The molecule has 0 spiro atoms. The molecule has 2 aromatic rings. The minimum Gasteiger partial charge on any atom is -0.495 e. The number of benzene rings is 1. The first-order chi connectivity index (χ1) is 10.1. The zero-order valence-corrected chi connectivity index (χ0v) is 12.4. The van der Waals surface area contributed by atoms with Crippen LogP contribution in [-0.2, 0) is 0 Å². The quantitative estimate of drug-likeness (QED) is 0.909. The number of nitriles is 1. The van der Waals surface area contributed by atoms with Crippen molar-refractivity contribution >= 4 is 23.1 Å². The lowest BCUT2D eigenvalue weighted by molar-refractivity contribution is 0.249. The molecule has 0 radical (unpaired) electrons. The predicted molar refractivity (Wildman–Crippen MR) is 80.4 cm³/mol. The fourth-order valence-corrected chi connectivity index (χ4v) is 2.39. The van der Waals surface area contributed by atoms with Gasteiger partial charge in [0.15, 0.2) is 0 Å². The third-order valence-corrected chi connectivity index (χ3v) is 3.71. The summed E-state index contributed by atoms with van der Waals surface area (Å²) in [5.41, 5.74) is 0.888. The van der Waals surface area contributed by atoms with Gasteiger partial charge in [-0.25, -0.2) is 9.78 Å². The Hall–Kier alpha value is -2.59. The number of nitrogens with one attached hydrogen (secondary N) is 2. The molecule has 0 aliphatic carbocycles. The zero-order chi connectivity index (χ0) is 15.2. The summed E-state index contributed by atoms with van der Waals surface area (Å²) in [6, 6.07) is 6.35. The van der Waals surface area contributed by atoms with Gasteiger partial charge in [-0.05, 0) is 25.1 Å². The summed E-state index contributed by atoms with van der Waals surface area (Å²) >= 11 is 1.48. The number of aromatic nitrogens is 1. The number of nitrogens with zero attached hydrogens (tertiary/aromatic N) is 2. The Balaban J connectivity index is 2.01. The number of amides is 2. The second-order valence-electron chi connectivity index (χ2n) is 4.22. The van der Waals surface area contributed by atoms with Gasteiger partial charge in [0, 0.05) is 17.3 Å². The number of urea groups is 1. The van der Waals surface area contributed by atoms with Crippen LogP contribution in [0.4, 0.5) is 10.5 Å². The van der Waals surface area contributed by atoms with Gasteiger partial charge in [-0.2, -0.15) is 5.26 Å². The molecule has 0 fully saturated rings. The van der Waals surface area contributed by atoms with E-state index in [0.29, 0.717) is 17.0 Å². The van der Waals surface area contributed by atoms with Crippen molar-refractivity contribution in [3.8, 4) is 11.8 Å². The van der Waals surface area contributed by atoms with E-state index in [1.807, 2.05) is 18.4 Å². The van der Waals surface area contributed by atoms with E-state index in [0.717, 1.165) is 5.01 Å². The molecular formula is C14H14N4O2S. The van der Waals surface area contributed by atoms with Crippen molar-refractivity contribution < 1.29 is 9.53 Å². The average Bonchev–Trinajstić information content (AvgIpc) is 3.01. The van der Waals surface area contributed by atoms with Gasteiger partial charge in [-0.15, -0.1) is 11.3 Å². The maximum Gasteiger partial charge on any atom is 0.319 e. The molecular weight excluding hydrogens is 288 g/mol. The number of hydrogen-bond donors (Lipinski definition) is 2. The van der Waals surface area contributed by atoms with Gasteiger partial charge in [-0.3, -0.25) is 0 Å². The smallest absolute Gasteiger partial charge is 0.319 e. The number of rotatable bonds is 4. The third-order valence-electron chi connectivity index (χ3n) is 2.75. The van der Waals surface area contributed by atoms with Gasteiger partial charge in [-0.1, -0.05) is 0 Å². The topological polar surface area (TPSA) is 87.0 Å². The first-order valence-corrected chi connectivity index (χ1v) is 7.07.